The summed E-state index contributed by atoms with van der Waals surface area (Å²) in [7, 11) is 1.69. The van der Waals surface area contributed by atoms with Gasteiger partial charge in [-0.15, -0.1) is 11.3 Å². The van der Waals surface area contributed by atoms with E-state index < -0.39 is 0 Å². The van der Waals surface area contributed by atoms with Crippen molar-refractivity contribution in [3.05, 3.63) is 52.2 Å². The predicted octanol–water partition coefficient (Wildman–Crippen LogP) is 3.10. The molecule has 2 aromatic rings. The van der Waals surface area contributed by atoms with Crippen LogP contribution in [0.5, 0.6) is 5.75 Å². The molecule has 0 radical (unpaired) electrons. The molecule has 0 aliphatic rings. The third-order valence-electron chi connectivity index (χ3n) is 3.42. The number of thiophene rings is 1. The Morgan fingerprint density at radius 1 is 1.13 bits per heavy atom. The van der Waals surface area contributed by atoms with Gasteiger partial charge in [0.2, 0.25) is 0 Å². The first-order valence-electron chi connectivity index (χ1n) is 7.99. The summed E-state index contributed by atoms with van der Waals surface area (Å²) in [6, 6.07) is 12.4. The topological polar surface area (TPSA) is 45.7 Å². The lowest BCUT2D eigenvalue weighted by Gasteiger charge is -2.11. The van der Waals surface area contributed by atoms with E-state index in [0.717, 1.165) is 44.2 Å². The second kappa shape index (κ2) is 9.90. The minimum absolute atomic E-state index is 0.804. The van der Waals surface area contributed by atoms with Crippen molar-refractivity contribution in [3.63, 3.8) is 0 Å². The SMILES string of the molecule is CCNC(=NCCc1cccs1)NCCc1ccc(OC)cc1. The molecule has 124 valence electrons. The first-order chi connectivity index (χ1) is 11.3. The van der Waals surface area contributed by atoms with Gasteiger partial charge in [-0.3, -0.25) is 4.99 Å². The summed E-state index contributed by atoms with van der Waals surface area (Å²) >= 11 is 1.79. The fourth-order valence-electron chi connectivity index (χ4n) is 2.19. The zero-order valence-electron chi connectivity index (χ0n) is 13.8. The summed E-state index contributed by atoms with van der Waals surface area (Å²) in [5.74, 6) is 1.78. The summed E-state index contributed by atoms with van der Waals surface area (Å²) in [6.45, 7) is 4.61. The Morgan fingerprint density at radius 2 is 1.96 bits per heavy atom. The monoisotopic (exact) mass is 331 g/mol. The predicted molar refractivity (Wildman–Crippen MR) is 98.7 cm³/mol. The van der Waals surface area contributed by atoms with Crippen molar-refractivity contribution in [2.75, 3.05) is 26.7 Å². The molecule has 0 atom stereocenters. The Labute approximate surface area is 142 Å². The van der Waals surface area contributed by atoms with Crippen molar-refractivity contribution in [1.29, 1.82) is 0 Å². The van der Waals surface area contributed by atoms with Gasteiger partial charge in [-0.25, -0.2) is 0 Å². The number of ether oxygens (including phenoxy) is 1. The zero-order chi connectivity index (χ0) is 16.3. The maximum absolute atomic E-state index is 5.17. The van der Waals surface area contributed by atoms with E-state index in [1.165, 1.54) is 10.4 Å². The van der Waals surface area contributed by atoms with Crippen molar-refractivity contribution in [1.82, 2.24) is 10.6 Å². The highest BCUT2D eigenvalue weighted by atomic mass is 32.1. The molecule has 1 heterocycles. The number of methoxy groups -OCH3 is 1. The van der Waals surface area contributed by atoms with Crippen molar-refractivity contribution < 1.29 is 4.74 Å². The van der Waals surface area contributed by atoms with Gasteiger partial charge >= 0.3 is 0 Å². The molecule has 2 rings (SSSR count). The van der Waals surface area contributed by atoms with Crippen LogP contribution in [0, 0.1) is 0 Å². The van der Waals surface area contributed by atoms with E-state index in [1.54, 1.807) is 18.4 Å². The molecule has 0 saturated carbocycles. The lowest BCUT2D eigenvalue weighted by Crippen LogP contribution is -2.38. The molecule has 5 heteroatoms. The van der Waals surface area contributed by atoms with Gasteiger partial charge in [0.25, 0.3) is 0 Å². The van der Waals surface area contributed by atoms with Gasteiger partial charge in [-0.1, -0.05) is 18.2 Å². The quantitative estimate of drug-likeness (QED) is 0.577. The summed E-state index contributed by atoms with van der Waals surface area (Å²) in [5.41, 5.74) is 1.28. The minimum Gasteiger partial charge on any atom is -0.497 e. The molecule has 0 bridgehead atoms. The Balaban J connectivity index is 1.76. The number of rotatable bonds is 8. The molecule has 0 amide bonds. The van der Waals surface area contributed by atoms with E-state index in [9.17, 15) is 0 Å². The summed E-state index contributed by atoms with van der Waals surface area (Å²) in [4.78, 5) is 6.01. The van der Waals surface area contributed by atoms with E-state index in [0.29, 0.717) is 0 Å². The molecule has 0 aliphatic carbocycles. The lowest BCUT2D eigenvalue weighted by atomic mass is 10.1. The van der Waals surface area contributed by atoms with Crippen LogP contribution in [0.3, 0.4) is 0 Å². The standard InChI is InChI=1S/C18H25N3OS/c1-3-19-18(21-13-11-17-5-4-14-23-17)20-12-10-15-6-8-16(22-2)9-7-15/h4-9,14H,3,10-13H2,1-2H3,(H2,19,20,21). The minimum atomic E-state index is 0.804. The molecule has 23 heavy (non-hydrogen) atoms. The number of aliphatic imine (C=N–C) groups is 1. The molecule has 0 unspecified atom stereocenters. The highest BCUT2D eigenvalue weighted by Crippen LogP contribution is 2.11. The number of hydrogen-bond acceptors (Lipinski definition) is 3. The van der Waals surface area contributed by atoms with Crippen molar-refractivity contribution in [2.45, 2.75) is 19.8 Å². The van der Waals surface area contributed by atoms with Crippen LogP contribution in [0.2, 0.25) is 0 Å². The van der Waals surface area contributed by atoms with Crippen molar-refractivity contribution >= 4 is 17.3 Å². The normalized spacial score (nSPS) is 11.3. The van der Waals surface area contributed by atoms with Crippen molar-refractivity contribution in [2.24, 2.45) is 4.99 Å². The molecule has 4 nitrogen and oxygen atoms in total. The highest BCUT2D eigenvalue weighted by Gasteiger charge is 1.99. The number of hydrogen-bond donors (Lipinski definition) is 2. The molecule has 0 spiro atoms. The maximum atomic E-state index is 5.17. The number of benzene rings is 1. The lowest BCUT2D eigenvalue weighted by molar-refractivity contribution is 0.414. The third-order valence-corrected chi connectivity index (χ3v) is 4.35. The Kier molecular flexibility index (Phi) is 7.46. The van der Waals surface area contributed by atoms with Crippen LogP contribution in [0.4, 0.5) is 0 Å². The molecule has 0 aliphatic heterocycles. The van der Waals surface area contributed by atoms with E-state index in [-0.39, 0.29) is 0 Å². The van der Waals surface area contributed by atoms with Crippen LogP contribution >= 0.6 is 11.3 Å². The smallest absolute Gasteiger partial charge is 0.191 e. The van der Waals surface area contributed by atoms with Crippen LogP contribution < -0.4 is 15.4 Å². The van der Waals surface area contributed by atoms with Crippen LogP contribution in [-0.4, -0.2) is 32.7 Å². The van der Waals surface area contributed by atoms with E-state index in [2.05, 4.69) is 52.2 Å². The second-order valence-corrected chi connectivity index (χ2v) is 6.15. The zero-order valence-corrected chi connectivity index (χ0v) is 14.7. The van der Waals surface area contributed by atoms with Crippen LogP contribution in [0.25, 0.3) is 0 Å². The Morgan fingerprint density at radius 3 is 2.61 bits per heavy atom. The van der Waals surface area contributed by atoms with E-state index in [1.807, 2.05) is 12.1 Å². The average molecular weight is 331 g/mol. The largest absolute Gasteiger partial charge is 0.497 e. The first kappa shape index (κ1) is 17.3. The van der Waals surface area contributed by atoms with Gasteiger partial charge in [0.1, 0.15) is 5.75 Å². The van der Waals surface area contributed by atoms with Crippen LogP contribution in [0.1, 0.15) is 17.4 Å². The Bertz CT molecular complexity index is 579. The van der Waals surface area contributed by atoms with Gasteiger partial charge in [-0.05, 0) is 42.5 Å². The molecular formula is C18H25N3OS. The fraction of sp³-hybridized carbons (Fsp3) is 0.389. The maximum Gasteiger partial charge on any atom is 0.191 e. The van der Waals surface area contributed by atoms with E-state index in [4.69, 9.17) is 4.74 Å². The molecule has 0 saturated heterocycles. The fourth-order valence-corrected chi connectivity index (χ4v) is 2.89. The van der Waals surface area contributed by atoms with Gasteiger partial charge in [0.05, 0.1) is 7.11 Å². The Hall–Kier alpha value is -2.01. The van der Waals surface area contributed by atoms with Gasteiger partial charge in [0, 0.05) is 30.9 Å². The van der Waals surface area contributed by atoms with Crippen LogP contribution in [-0.2, 0) is 12.8 Å². The molecular weight excluding hydrogens is 306 g/mol. The third kappa shape index (κ3) is 6.32. The summed E-state index contributed by atoms with van der Waals surface area (Å²) in [5, 5.41) is 8.79. The number of nitrogens with zero attached hydrogens (tertiary/aromatic N) is 1. The summed E-state index contributed by atoms with van der Waals surface area (Å²) < 4.78 is 5.17. The van der Waals surface area contributed by atoms with Gasteiger partial charge in [0.15, 0.2) is 5.96 Å². The average Bonchev–Trinajstić information content (AvgIpc) is 3.09. The van der Waals surface area contributed by atoms with Gasteiger partial charge < -0.3 is 15.4 Å². The molecule has 1 aromatic heterocycles. The molecule has 2 N–H and O–H groups in total. The number of guanidine groups is 1. The highest BCUT2D eigenvalue weighted by molar-refractivity contribution is 7.09. The second-order valence-electron chi connectivity index (χ2n) is 5.11. The van der Waals surface area contributed by atoms with E-state index >= 15 is 0 Å². The van der Waals surface area contributed by atoms with Gasteiger partial charge in [-0.2, -0.15) is 0 Å². The summed E-state index contributed by atoms with van der Waals surface area (Å²) in [6.07, 6.45) is 1.95. The molecule has 0 fully saturated rings. The first-order valence-corrected chi connectivity index (χ1v) is 8.87. The number of nitrogens with one attached hydrogen (secondary N) is 2. The van der Waals surface area contributed by atoms with Crippen molar-refractivity contribution in [3.8, 4) is 5.75 Å². The molecule has 1 aromatic carbocycles. The van der Waals surface area contributed by atoms with Crippen LogP contribution in [0.15, 0.2) is 46.8 Å².